The van der Waals surface area contributed by atoms with E-state index < -0.39 is 25.2 Å². The molecule has 60 valence electrons. The molecule has 0 atom stereocenters. The van der Waals surface area contributed by atoms with E-state index in [1.807, 2.05) is 0 Å². The van der Waals surface area contributed by atoms with Gasteiger partial charge in [-0.3, -0.25) is 0 Å². The highest BCUT2D eigenvalue weighted by Gasteiger charge is 2.31. The third-order valence-electron chi connectivity index (χ3n) is 0.896. The van der Waals surface area contributed by atoms with Crippen molar-refractivity contribution in [2.75, 3.05) is 0 Å². The molecule has 0 aliphatic heterocycles. The van der Waals surface area contributed by atoms with Crippen LogP contribution in [0.5, 0.6) is 0 Å². The lowest BCUT2D eigenvalue weighted by molar-refractivity contribution is -0.0509. The summed E-state index contributed by atoms with van der Waals surface area (Å²) in [5, 5.41) is 0. The van der Waals surface area contributed by atoms with Gasteiger partial charge in [-0.25, -0.2) is 17.6 Å². The first-order valence-corrected chi connectivity index (χ1v) is 2.75. The van der Waals surface area contributed by atoms with Crippen molar-refractivity contribution < 1.29 is 17.6 Å². The summed E-state index contributed by atoms with van der Waals surface area (Å²) in [5.41, 5.74) is 0. The van der Waals surface area contributed by atoms with E-state index in [0.29, 0.717) is 0 Å². The van der Waals surface area contributed by atoms with Gasteiger partial charge in [0.05, 0.1) is 6.42 Å². The zero-order chi connectivity index (χ0) is 8.20. The second-order valence-electron chi connectivity index (χ2n) is 1.94. The zero-order valence-electron chi connectivity index (χ0n) is 5.29. The highest BCUT2D eigenvalue weighted by Crippen LogP contribution is 2.26. The van der Waals surface area contributed by atoms with Gasteiger partial charge in [-0.05, 0) is 0 Å². The molecule has 0 radical (unpaired) electrons. The fourth-order valence-electron chi connectivity index (χ4n) is 0.520. The van der Waals surface area contributed by atoms with Crippen molar-refractivity contribution in [1.29, 1.82) is 0 Å². The smallest absolute Gasteiger partial charge is 0.210 e. The minimum absolute atomic E-state index is 0.683. The first-order valence-electron chi connectivity index (χ1n) is 2.75. The van der Waals surface area contributed by atoms with Crippen LogP contribution in [-0.2, 0) is 0 Å². The van der Waals surface area contributed by atoms with Crippen LogP contribution < -0.4 is 0 Å². The summed E-state index contributed by atoms with van der Waals surface area (Å²) in [7, 11) is 0. The molecule has 0 N–H and O–H groups in total. The Balaban J connectivity index is 3.73. The Bertz CT molecular complexity index is 108. The number of allylic oxidation sites excluding steroid dienone is 1. The van der Waals surface area contributed by atoms with Crippen molar-refractivity contribution >= 4 is 0 Å². The molecule has 0 fully saturated rings. The molecule has 0 unspecified atom stereocenters. The van der Waals surface area contributed by atoms with Gasteiger partial charge in [0, 0.05) is 6.42 Å². The van der Waals surface area contributed by atoms with Crippen molar-refractivity contribution in [1.82, 2.24) is 0 Å². The summed E-state index contributed by atoms with van der Waals surface area (Å²) in [6, 6.07) is 0. The predicted molar refractivity (Wildman–Crippen MR) is 30.4 cm³/mol. The normalized spacial score (nSPS) is 12.1. The molecule has 0 bridgehead atoms. The van der Waals surface area contributed by atoms with Crippen LogP contribution in [0.2, 0.25) is 0 Å². The number of alkyl halides is 4. The Labute approximate surface area is 56.5 Å². The van der Waals surface area contributed by atoms with Gasteiger partial charge in [-0.15, -0.1) is 6.58 Å². The Hall–Kier alpha value is -0.540. The Kier molecular flexibility index (Phi) is 3.39. The average molecular weight is 156 g/mol. The lowest BCUT2D eigenvalue weighted by Crippen LogP contribution is -2.18. The fraction of sp³-hybridized carbons (Fsp3) is 0.667. The second kappa shape index (κ2) is 3.58. The minimum Gasteiger partial charge on any atom is -0.210 e. The predicted octanol–water partition coefficient (Wildman–Crippen LogP) is 2.85. The lowest BCUT2D eigenvalue weighted by Gasteiger charge is -2.12. The summed E-state index contributed by atoms with van der Waals surface area (Å²) < 4.78 is 46.9. The van der Waals surface area contributed by atoms with Gasteiger partial charge in [0.1, 0.15) is 0 Å². The number of hydrogen-bond acceptors (Lipinski definition) is 0. The second-order valence-corrected chi connectivity index (χ2v) is 1.94. The Morgan fingerprint density at radius 1 is 1.40 bits per heavy atom. The van der Waals surface area contributed by atoms with Gasteiger partial charge >= 0.3 is 0 Å². The Morgan fingerprint density at radius 3 is 2.20 bits per heavy atom. The van der Waals surface area contributed by atoms with Crippen molar-refractivity contribution in [3.05, 3.63) is 12.7 Å². The lowest BCUT2D eigenvalue weighted by atomic mass is 10.2. The van der Waals surface area contributed by atoms with Gasteiger partial charge in [0.25, 0.3) is 5.92 Å². The fourth-order valence-corrected chi connectivity index (χ4v) is 0.520. The molecule has 0 heterocycles. The molecule has 0 aromatic rings. The number of halogens is 4. The van der Waals surface area contributed by atoms with E-state index in [9.17, 15) is 17.6 Å². The van der Waals surface area contributed by atoms with Crippen LogP contribution in [0.4, 0.5) is 17.6 Å². The van der Waals surface area contributed by atoms with E-state index in [-0.39, 0.29) is 0 Å². The third-order valence-corrected chi connectivity index (χ3v) is 0.896. The summed E-state index contributed by atoms with van der Waals surface area (Å²) in [6.45, 7) is 3.03. The van der Waals surface area contributed by atoms with Crippen molar-refractivity contribution in [3.63, 3.8) is 0 Å². The zero-order valence-corrected chi connectivity index (χ0v) is 5.29. The third kappa shape index (κ3) is 4.35. The summed E-state index contributed by atoms with van der Waals surface area (Å²) in [5.74, 6) is -3.30. The van der Waals surface area contributed by atoms with Gasteiger partial charge in [0.2, 0.25) is 6.43 Å². The van der Waals surface area contributed by atoms with Gasteiger partial charge in [-0.1, -0.05) is 6.08 Å². The van der Waals surface area contributed by atoms with E-state index >= 15 is 0 Å². The summed E-state index contributed by atoms with van der Waals surface area (Å²) >= 11 is 0. The molecule has 10 heavy (non-hydrogen) atoms. The molecule has 0 aromatic carbocycles. The van der Waals surface area contributed by atoms with Crippen LogP contribution in [0.15, 0.2) is 12.7 Å². The first kappa shape index (κ1) is 9.46. The van der Waals surface area contributed by atoms with Crippen molar-refractivity contribution in [2.24, 2.45) is 0 Å². The SMILES string of the molecule is C=CCC(F)(F)CC(F)F. The van der Waals surface area contributed by atoms with Crippen LogP contribution >= 0.6 is 0 Å². The highest BCUT2D eigenvalue weighted by molar-refractivity contribution is 4.78. The molecule has 0 saturated heterocycles. The molecular formula is C6H8F4. The maximum Gasteiger partial charge on any atom is 0.256 e. The van der Waals surface area contributed by atoms with Gasteiger partial charge in [-0.2, -0.15) is 0 Å². The topological polar surface area (TPSA) is 0 Å². The number of hydrogen-bond donors (Lipinski definition) is 0. The van der Waals surface area contributed by atoms with E-state index in [2.05, 4.69) is 6.58 Å². The van der Waals surface area contributed by atoms with E-state index in [1.54, 1.807) is 0 Å². The molecular weight excluding hydrogens is 148 g/mol. The largest absolute Gasteiger partial charge is 0.256 e. The molecule has 0 aliphatic rings. The molecule has 0 amide bonds. The molecule has 0 rings (SSSR count). The molecule has 0 nitrogen and oxygen atoms in total. The minimum atomic E-state index is -3.30. The average Bonchev–Trinajstić information content (AvgIpc) is 1.59. The number of rotatable bonds is 4. The molecule has 0 spiro atoms. The van der Waals surface area contributed by atoms with Crippen LogP contribution in [0.1, 0.15) is 12.8 Å². The summed E-state index contributed by atoms with van der Waals surface area (Å²) in [6.07, 6.45) is -4.08. The summed E-state index contributed by atoms with van der Waals surface area (Å²) in [4.78, 5) is 0. The van der Waals surface area contributed by atoms with Crippen molar-refractivity contribution in [2.45, 2.75) is 25.2 Å². The van der Waals surface area contributed by atoms with Crippen LogP contribution in [-0.4, -0.2) is 12.3 Å². The maximum absolute atomic E-state index is 12.1. The van der Waals surface area contributed by atoms with Gasteiger partial charge < -0.3 is 0 Å². The highest BCUT2D eigenvalue weighted by atomic mass is 19.3. The van der Waals surface area contributed by atoms with E-state index in [0.717, 1.165) is 6.08 Å². The molecule has 0 aromatic heterocycles. The van der Waals surface area contributed by atoms with Crippen LogP contribution in [0.3, 0.4) is 0 Å². The quantitative estimate of drug-likeness (QED) is 0.433. The van der Waals surface area contributed by atoms with Crippen LogP contribution in [0, 0.1) is 0 Å². The van der Waals surface area contributed by atoms with Crippen LogP contribution in [0.25, 0.3) is 0 Å². The molecule has 0 saturated carbocycles. The molecule has 4 heteroatoms. The molecule has 0 aliphatic carbocycles. The van der Waals surface area contributed by atoms with E-state index in [1.165, 1.54) is 0 Å². The van der Waals surface area contributed by atoms with E-state index in [4.69, 9.17) is 0 Å². The first-order chi connectivity index (χ1) is 4.48. The Morgan fingerprint density at radius 2 is 1.90 bits per heavy atom. The maximum atomic E-state index is 12.1. The monoisotopic (exact) mass is 156 g/mol. The van der Waals surface area contributed by atoms with Crippen molar-refractivity contribution in [3.8, 4) is 0 Å². The standard InChI is InChI=1S/C6H8F4/c1-2-3-6(9,10)4-5(7)8/h2,5H,1,3-4H2. The van der Waals surface area contributed by atoms with Gasteiger partial charge in [0.15, 0.2) is 0 Å².